The fourth-order valence-electron chi connectivity index (χ4n) is 3.46. The summed E-state index contributed by atoms with van der Waals surface area (Å²) in [6, 6.07) is 6.72. The van der Waals surface area contributed by atoms with Gasteiger partial charge in [0.15, 0.2) is 5.78 Å². The van der Waals surface area contributed by atoms with Gasteiger partial charge in [-0.15, -0.1) is 0 Å². The predicted octanol–water partition coefficient (Wildman–Crippen LogP) is 1.62. The van der Waals surface area contributed by atoms with E-state index in [1.807, 2.05) is 0 Å². The minimum Gasteiger partial charge on any atom is -0.350 e. The fourth-order valence-corrected chi connectivity index (χ4v) is 3.46. The van der Waals surface area contributed by atoms with Crippen molar-refractivity contribution in [1.29, 1.82) is 0 Å². The molecule has 1 saturated carbocycles. The molecular formula is C18H23N3O3. The van der Waals surface area contributed by atoms with E-state index < -0.39 is 6.04 Å². The van der Waals surface area contributed by atoms with Gasteiger partial charge in [0.2, 0.25) is 11.8 Å². The van der Waals surface area contributed by atoms with Gasteiger partial charge in [-0.3, -0.25) is 14.4 Å². The number of benzene rings is 1. The average molecular weight is 329 g/mol. The van der Waals surface area contributed by atoms with E-state index in [-0.39, 0.29) is 36.1 Å². The van der Waals surface area contributed by atoms with Crippen LogP contribution in [-0.2, 0) is 9.59 Å². The summed E-state index contributed by atoms with van der Waals surface area (Å²) < 4.78 is 0. The molecule has 2 fully saturated rings. The first-order valence-electron chi connectivity index (χ1n) is 8.50. The Bertz CT molecular complexity index is 641. The number of carbonyl (C=O) groups is 3. The summed E-state index contributed by atoms with van der Waals surface area (Å²) in [5.74, 6) is -0.328. The van der Waals surface area contributed by atoms with E-state index in [1.165, 1.54) is 6.92 Å². The van der Waals surface area contributed by atoms with Gasteiger partial charge >= 0.3 is 0 Å². The van der Waals surface area contributed by atoms with E-state index in [0.717, 1.165) is 25.7 Å². The summed E-state index contributed by atoms with van der Waals surface area (Å²) in [6.07, 6.45) is 4.44. The average Bonchev–Trinajstić information content (AvgIpc) is 2.56. The van der Waals surface area contributed by atoms with E-state index in [4.69, 9.17) is 0 Å². The van der Waals surface area contributed by atoms with Crippen molar-refractivity contribution in [3.05, 3.63) is 29.8 Å². The number of hydrogen-bond donors (Lipinski definition) is 3. The molecule has 3 rings (SSSR count). The molecule has 24 heavy (non-hydrogen) atoms. The van der Waals surface area contributed by atoms with Gasteiger partial charge in [-0.25, -0.2) is 0 Å². The lowest BCUT2D eigenvalue weighted by molar-refractivity contribution is -0.129. The molecule has 1 heterocycles. The summed E-state index contributed by atoms with van der Waals surface area (Å²) in [5, 5.41) is 9.14. The highest BCUT2D eigenvalue weighted by Gasteiger charge is 2.36. The highest BCUT2D eigenvalue weighted by Crippen LogP contribution is 2.22. The van der Waals surface area contributed by atoms with Crippen LogP contribution < -0.4 is 16.0 Å². The topological polar surface area (TPSA) is 87.3 Å². The lowest BCUT2D eigenvalue weighted by atomic mass is 9.87. The molecule has 0 radical (unpaired) electrons. The van der Waals surface area contributed by atoms with E-state index in [9.17, 15) is 14.4 Å². The highest BCUT2D eigenvalue weighted by atomic mass is 16.2. The number of Topliss-reactive ketones (excluding diaryl/α,β-unsaturated/α-hetero) is 1. The maximum Gasteiger partial charge on any atom is 0.237 e. The molecule has 2 aliphatic rings. The number of hydrogen-bond acceptors (Lipinski definition) is 4. The molecule has 1 saturated heterocycles. The number of rotatable bonds is 4. The first-order valence-corrected chi connectivity index (χ1v) is 8.50. The third-order valence-electron chi connectivity index (χ3n) is 4.79. The molecule has 3 atom stereocenters. The van der Waals surface area contributed by atoms with Crippen molar-refractivity contribution in [3.63, 3.8) is 0 Å². The molecule has 1 aromatic carbocycles. The number of piperazine rings is 1. The molecule has 0 bridgehead atoms. The van der Waals surface area contributed by atoms with Crippen LogP contribution >= 0.6 is 0 Å². The van der Waals surface area contributed by atoms with Crippen LogP contribution in [0.15, 0.2) is 24.3 Å². The Morgan fingerprint density at radius 1 is 1.12 bits per heavy atom. The molecular weight excluding hydrogens is 306 g/mol. The van der Waals surface area contributed by atoms with Crippen molar-refractivity contribution in [2.45, 2.75) is 57.2 Å². The minimum absolute atomic E-state index is 0.0158. The lowest BCUT2D eigenvalue weighted by Crippen LogP contribution is -2.65. The zero-order chi connectivity index (χ0) is 17.1. The molecule has 0 aromatic heterocycles. The van der Waals surface area contributed by atoms with E-state index >= 15 is 0 Å². The Morgan fingerprint density at radius 2 is 1.79 bits per heavy atom. The number of amides is 2. The quantitative estimate of drug-likeness (QED) is 0.733. The van der Waals surface area contributed by atoms with Crippen LogP contribution in [0.2, 0.25) is 0 Å². The first kappa shape index (κ1) is 16.6. The molecule has 6 nitrogen and oxygen atoms in total. The number of anilines is 1. The molecule has 0 unspecified atom stereocenters. The number of ketones is 1. The Balaban J connectivity index is 1.56. The van der Waals surface area contributed by atoms with Crippen LogP contribution in [0.4, 0.5) is 5.69 Å². The predicted molar refractivity (Wildman–Crippen MR) is 90.8 cm³/mol. The van der Waals surface area contributed by atoms with Crippen molar-refractivity contribution in [2.75, 3.05) is 5.32 Å². The summed E-state index contributed by atoms with van der Waals surface area (Å²) >= 11 is 0. The molecule has 1 aliphatic heterocycles. The zero-order valence-electron chi connectivity index (χ0n) is 13.8. The van der Waals surface area contributed by atoms with Crippen LogP contribution in [0.25, 0.3) is 0 Å². The molecule has 6 heteroatoms. The normalized spacial score (nSPS) is 26.2. The second kappa shape index (κ2) is 7.13. The Morgan fingerprint density at radius 3 is 2.46 bits per heavy atom. The van der Waals surface area contributed by atoms with Gasteiger partial charge < -0.3 is 16.0 Å². The third-order valence-corrected chi connectivity index (χ3v) is 4.79. The van der Waals surface area contributed by atoms with Gasteiger partial charge in [-0.2, -0.15) is 0 Å². The SMILES string of the molecule is CC(=O)c1ccc(NC(=O)C[C@@H]2N[C@@H]3CCCC[C@H]3NC2=O)cc1. The summed E-state index contributed by atoms with van der Waals surface area (Å²) in [6.45, 7) is 1.50. The van der Waals surface area contributed by atoms with E-state index in [0.29, 0.717) is 11.3 Å². The van der Waals surface area contributed by atoms with E-state index in [2.05, 4.69) is 16.0 Å². The maximum atomic E-state index is 12.2. The Labute approximate surface area is 141 Å². The summed E-state index contributed by atoms with van der Waals surface area (Å²) in [5.41, 5.74) is 1.22. The Hall–Kier alpha value is -2.21. The van der Waals surface area contributed by atoms with Gasteiger partial charge in [0.25, 0.3) is 0 Å². The van der Waals surface area contributed by atoms with Crippen molar-refractivity contribution in [1.82, 2.24) is 10.6 Å². The van der Waals surface area contributed by atoms with Crippen LogP contribution in [0.1, 0.15) is 49.4 Å². The van der Waals surface area contributed by atoms with E-state index in [1.54, 1.807) is 24.3 Å². The van der Waals surface area contributed by atoms with Gasteiger partial charge in [0, 0.05) is 23.3 Å². The smallest absolute Gasteiger partial charge is 0.237 e. The van der Waals surface area contributed by atoms with Gasteiger partial charge in [-0.05, 0) is 44.0 Å². The molecule has 0 spiro atoms. The number of fused-ring (bicyclic) bond motifs is 1. The molecule has 2 amide bonds. The van der Waals surface area contributed by atoms with Crippen LogP contribution in [-0.4, -0.2) is 35.7 Å². The van der Waals surface area contributed by atoms with Crippen molar-refractivity contribution in [3.8, 4) is 0 Å². The molecule has 3 N–H and O–H groups in total. The van der Waals surface area contributed by atoms with Crippen molar-refractivity contribution < 1.29 is 14.4 Å². The molecule has 1 aromatic rings. The van der Waals surface area contributed by atoms with Gasteiger partial charge in [-0.1, -0.05) is 12.8 Å². The largest absolute Gasteiger partial charge is 0.350 e. The standard InChI is InChI=1S/C18H23N3O3/c1-11(22)12-6-8-13(9-7-12)19-17(23)10-16-18(24)21-15-5-3-2-4-14(15)20-16/h6-9,14-16,20H,2-5,10H2,1H3,(H,19,23)(H,21,24)/t14-,15-,16+/m1/s1. The van der Waals surface area contributed by atoms with Crippen molar-refractivity contribution in [2.24, 2.45) is 0 Å². The Kier molecular flexibility index (Phi) is 4.94. The second-order valence-corrected chi connectivity index (χ2v) is 6.61. The van der Waals surface area contributed by atoms with Crippen molar-refractivity contribution >= 4 is 23.3 Å². The number of nitrogens with one attached hydrogen (secondary N) is 3. The monoisotopic (exact) mass is 329 g/mol. The second-order valence-electron chi connectivity index (χ2n) is 6.61. The minimum atomic E-state index is -0.485. The molecule has 1 aliphatic carbocycles. The fraction of sp³-hybridized carbons (Fsp3) is 0.500. The lowest BCUT2D eigenvalue weighted by Gasteiger charge is -2.40. The van der Waals surface area contributed by atoms with Crippen LogP contribution in [0, 0.1) is 0 Å². The highest BCUT2D eigenvalue weighted by molar-refractivity contribution is 5.97. The summed E-state index contributed by atoms with van der Waals surface area (Å²) in [7, 11) is 0. The van der Waals surface area contributed by atoms with Gasteiger partial charge in [0.05, 0.1) is 12.5 Å². The third kappa shape index (κ3) is 3.82. The van der Waals surface area contributed by atoms with Crippen LogP contribution in [0.3, 0.4) is 0 Å². The number of carbonyl (C=O) groups excluding carboxylic acids is 3. The van der Waals surface area contributed by atoms with Crippen LogP contribution in [0.5, 0.6) is 0 Å². The van der Waals surface area contributed by atoms with Gasteiger partial charge in [0.1, 0.15) is 0 Å². The summed E-state index contributed by atoms with van der Waals surface area (Å²) in [4.78, 5) is 35.6. The maximum absolute atomic E-state index is 12.2. The molecule has 128 valence electrons. The first-order chi connectivity index (χ1) is 11.5. The zero-order valence-corrected chi connectivity index (χ0v) is 13.8.